The van der Waals surface area contributed by atoms with Crippen LogP contribution in [0.4, 0.5) is 0 Å². The van der Waals surface area contributed by atoms with Crippen molar-refractivity contribution in [3.63, 3.8) is 0 Å². The molecule has 13 heavy (non-hydrogen) atoms. The van der Waals surface area contributed by atoms with Crippen molar-refractivity contribution in [2.24, 2.45) is 0 Å². The van der Waals surface area contributed by atoms with Crippen LogP contribution in [0.25, 0.3) is 0 Å². The normalized spacial score (nSPS) is 9.92. The number of carboxylic acids is 1. The highest BCUT2D eigenvalue weighted by Gasteiger charge is 2.10. The third-order valence-corrected chi connectivity index (χ3v) is 1.58. The van der Waals surface area contributed by atoms with E-state index in [0.29, 0.717) is 5.69 Å². The van der Waals surface area contributed by atoms with Crippen LogP contribution in [0, 0.1) is 6.92 Å². The van der Waals surface area contributed by atoms with Crippen LogP contribution in [0.5, 0.6) is 5.75 Å². The number of aliphatic carboxylic acids is 1. The monoisotopic (exact) mass is 183 g/mol. The molecule has 3 N–H and O–H groups in total. The first-order chi connectivity index (χ1) is 6.00. The van der Waals surface area contributed by atoms with Gasteiger partial charge in [0.05, 0.1) is 12.0 Å². The fourth-order valence-corrected chi connectivity index (χ4v) is 1.02. The maximum Gasteiger partial charge on any atom is 0.308 e. The number of hydrogen-bond donors (Lipinski definition) is 3. The number of aryl methyl sites for hydroxylation is 1. The third-order valence-electron chi connectivity index (χ3n) is 1.58. The van der Waals surface area contributed by atoms with Crippen LogP contribution in [0.2, 0.25) is 0 Å². The number of aromatic nitrogens is 1. The van der Waals surface area contributed by atoms with Crippen molar-refractivity contribution >= 4 is 5.97 Å². The van der Waals surface area contributed by atoms with Gasteiger partial charge in [-0.15, -0.1) is 0 Å². The zero-order valence-electron chi connectivity index (χ0n) is 7.00. The number of H-pyrrole nitrogens is 1. The minimum Gasteiger partial charge on any atom is -0.507 e. The van der Waals surface area contributed by atoms with Crippen molar-refractivity contribution in [1.82, 2.24) is 4.98 Å². The Morgan fingerprint density at radius 3 is 2.69 bits per heavy atom. The van der Waals surface area contributed by atoms with E-state index < -0.39 is 17.9 Å². The van der Waals surface area contributed by atoms with Gasteiger partial charge in [-0.1, -0.05) is 0 Å². The van der Waals surface area contributed by atoms with Crippen LogP contribution in [0.3, 0.4) is 0 Å². The van der Waals surface area contributed by atoms with Gasteiger partial charge in [0.15, 0.2) is 0 Å². The Balaban J connectivity index is 3.21. The van der Waals surface area contributed by atoms with Crippen molar-refractivity contribution in [2.75, 3.05) is 0 Å². The van der Waals surface area contributed by atoms with Gasteiger partial charge in [-0.05, 0) is 13.0 Å². The molecule has 0 aliphatic rings. The molecule has 5 heteroatoms. The second-order valence-electron chi connectivity index (χ2n) is 2.72. The SMILES string of the molecule is Cc1cc(O)c(CC(=O)O)c(=O)[nH]1. The van der Waals surface area contributed by atoms with Crippen molar-refractivity contribution in [3.05, 3.63) is 27.7 Å². The van der Waals surface area contributed by atoms with Crippen molar-refractivity contribution in [1.29, 1.82) is 0 Å². The Labute approximate surface area is 73.7 Å². The zero-order valence-corrected chi connectivity index (χ0v) is 7.00. The van der Waals surface area contributed by atoms with Gasteiger partial charge in [0.2, 0.25) is 0 Å². The van der Waals surface area contributed by atoms with Gasteiger partial charge in [0.1, 0.15) is 5.75 Å². The maximum absolute atomic E-state index is 11.1. The van der Waals surface area contributed by atoms with Gasteiger partial charge in [-0.3, -0.25) is 9.59 Å². The molecule has 1 aromatic heterocycles. The Hall–Kier alpha value is -1.78. The molecule has 0 spiro atoms. The largest absolute Gasteiger partial charge is 0.507 e. The summed E-state index contributed by atoms with van der Waals surface area (Å²) in [5.41, 5.74) is -0.172. The van der Waals surface area contributed by atoms with Crippen LogP contribution >= 0.6 is 0 Å². The van der Waals surface area contributed by atoms with E-state index in [-0.39, 0.29) is 11.3 Å². The molecule has 0 saturated carbocycles. The molecule has 1 heterocycles. The van der Waals surface area contributed by atoms with Crippen LogP contribution < -0.4 is 5.56 Å². The lowest BCUT2D eigenvalue weighted by Gasteiger charge is -2.01. The molecule has 70 valence electrons. The number of carbonyl (C=O) groups is 1. The molecule has 0 amide bonds. The Kier molecular flexibility index (Phi) is 2.36. The van der Waals surface area contributed by atoms with Gasteiger partial charge in [0.25, 0.3) is 5.56 Å². The Bertz CT molecular complexity index is 394. The van der Waals surface area contributed by atoms with Crippen LogP contribution in [0.15, 0.2) is 10.9 Å². The third kappa shape index (κ3) is 2.08. The number of rotatable bonds is 2. The van der Waals surface area contributed by atoms with Gasteiger partial charge in [-0.2, -0.15) is 0 Å². The lowest BCUT2D eigenvalue weighted by molar-refractivity contribution is -0.136. The molecule has 5 nitrogen and oxygen atoms in total. The quantitative estimate of drug-likeness (QED) is 0.602. The molecule has 1 rings (SSSR count). The predicted octanol–water partition coefficient (Wildman–Crippen LogP) is 0.0160. The first kappa shape index (κ1) is 9.31. The highest BCUT2D eigenvalue weighted by Crippen LogP contribution is 2.12. The average Bonchev–Trinajstić information content (AvgIpc) is 1.96. The molecular weight excluding hydrogens is 174 g/mol. The Morgan fingerprint density at radius 2 is 2.23 bits per heavy atom. The minimum atomic E-state index is -1.15. The van der Waals surface area contributed by atoms with E-state index in [9.17, 15) is 14.7 Å². The second kappa shape index (κ2) is 3.30. The number of nitrogens with one attached hydrogen (secondary N) is 1. The van der Waals surface area contributed by atoms with E-state index in [2.05, 4.69) is 4.98 Å². The fraction of sp³-hybridized carbons (Fsp3) is 0.250. The molecule has 0 aromatic carbocycles. The number of aromatic hydroxyl groups is 1. The van der Waals surface area contributed by atoms with E-state index in [4.69, 9.17) is 5.11 Å². The summed E-state index contributed by atoms with van der Waals surface area (Å²) in [6.07, 6.45) is -0.471. The predicted molar refractivity (Wildman–Crippen MR) is 44.8 cm³/mol. The highest BCUT2D eigenvalue weighted by atomic mass is 16.4. The standard InChI is InChI=1S/C8H9NO4/c1-4-2-6(10)5(3-7(11)12)8(13)9-4/h2H,3H2,1H3,(H,11,12)(H2,9,10,13). The Morgan fingerprint density at radius 1 is 1.62 bits per heavy atom. The molecule has 0 unspecified atom stereocenters. The van der Waals surface area contributed by atoms with E-state index in [1.807, 2.05) is 0 Å². The summed E-state index contributed by atoms with van der Waals surface area (Å²) in [6, 6.07) is 1.32. The molecule has 0 radical (unpaired) electrons. The second-order valence-corrected chi connectivity index (χ2v) is 2.72. The minimum absolute atomic E-state index is 0.113. The first-order valence-electron chi connectivity index (χ1n) is 3.64. The smallest absolute Gasteiger partial charge is 0.308 e. The summed E-state index contributed by atoms with van der Waals surface area (Å²) in [5.74, 6) is -1.42. The van der Waals surface area contributed by atoms with Crippen molar-refractivity contribution < 1.29 is 15.0 Å². The van der Waals surface area contributed by atoms with Gasteiger partial charge >= 0.3 is 5.97 Å². The summed E-state index contributed by atoms with van der Waals surface area (Å²) >= 11 is 0. The molecule has 0 aliphatic heterocycles. The van der Waals surface area contributed by atoms with Gasteiger partial charge in [0, 0.05) is 5.69 Å². The van der Waals surface area contributed by atoms with Crippen LogP contribution in [-0.2, 0) is 11.2 Å². The lowest BCUT2D eigenvalue weighted by atomic mass is 10.2. The first-order valence-corrected chi connectivity index (χ1v) is 3.64. The average molecular weight is 183 g/mol. The maximum atomic E-state index is 11.1. The summed E-state index contributed by atoms with van der Waals surface area (Å²) < 4.78 is 0. The van der Waals surface area contributed by atoms with E-state index in [1.165, 1.54) is 6.07 Å². The molecule has 0 saturated heterocycles. The summed E-state index contributed by atoms with van der Waals surface area (Å²) in [6.45, 7) is 1.60. The van der Waals surface area contributed by atoms with E-state index in [0.717, 1.165) is 0 Å². The van der Waals surface area contributed by atoms with Gasteiger partial charge in [-0.25, -0.2) is 0 Å². The summed E-state index contributed by atoms with van der Waals surface area (Å²) in [7, 11) is 0. The fourth-order valence-electron chi connectivity index (χ4n) is 1.02. The van der Waals surface area contributed by atoms with E-state index in [1.54, 1.807) is 6.92 Å². The number of hydrogen-bond acceptors (Lipinski definition) is 3. The molecular formula is C8H9NO4. The van der Waals surface area contributed by atoms with Crippen LogP contribution in [-0.4, -0.2) is 21.2 Å². The molecule has 0 atom stereocenters. The van der Waals surface area contributed by atoms with E-state index >= 15 is 0 Å². The highest BCUT2D eigenvalue weighted by molar-refractivity contribution is 5.71. The summed E-state index contributed by atoms with van der Waals surface area (Å²) in [5, 5.41) is 17.7. The number of aromatic amines is 1. The van der Waals surface area contributed by atoms with Crippen molar-refractivity contribution in [3.8, 4) is 5.75 Å². The van der Waals surface area contributed by atoms with Crippen LogP contribution in [0.1, 0.15) is 11.3 Å². The number of pyridine rings is 1. The topological polar surface area (TPSA) is 90.4 Å². The van der Waals surface area contributed by atoms with Gasteiger partial charge < -0.3 is 15.2 Å². The lowest BCUT2D eigenvalue weighted by Crippen LogP contribution is -2.16. The molecule has 1 aromatic rings. The molecule has 0 fully saturated rings. The summed E-state index contributed by atoms with van der Waals surface area (Å²) in [4.78, 5) is 23.8. The molecule has 0 aliphatic carbocycles. The number of carboxylic acid groups (broad SMARTS) is 1. The molecule has 0 bridgehead atoms. The zero-order chi connectivity index (χ0) is 10.0. The van der Waals surface area contributed by atoms with Crippen molar-refractivity contribution in [2.45, 2.75) is 13.3 Å².